The number of amides is 2. The largest absolute Gasteiger partial charge is 0.378 e. The van der Waals surface area contributed by atoms with E-state index in [1.807, 2.05) is 85.7 Å². The van der Waals surface area contributed by atoms with Crippen molar-refractivity contribution in [3.63, 3.8) is 0 Å². The van der Waals surface area contributed by atoms with E-state index in [1.165, 1.54) is 0 Å². The maximum absolute atomic E-state index is 12.2. The maximum atomic E-state index is 12.2. The Kier molecular flexibility index (Phi) is 4.95. The van der Waals surface area contributed by atoms with Crippen molar-refractivity contribution in [2.45, 2.75) is 0 Å². The fraction of sp³-hybridized carbons (Fsp3) is 0.100. The molecule has 3 aromatic rings. The van der Waals surface area contributed by atoms with Gasteiger partial charge >= 0.3 is 6.03 Å². The van der Waals surface area contributed by atoms with Crippen molar-refractivity contribution in [3.05, 3.63) is 72.3 Å². The number of urea groups is 1. The van der Waals surface area contributed by atoms with Gasteiger partial charge in [-0.2, -0.15) is 0 Å². The summed E-state index contributed by atoms with van der Waals surface area (Å²) in [6.45, 7) is 0. The van der Waals surface area contributed by atoms with E-state index in [9.17, 15) is 4.79 Å². The Morgan fingerprint density at radius 1 is 0.920 bits per heavy atom. The van der Waals surface area contributed by atoms with Crippen molar-refractivity contribution in [1.82, 2.24) is 5.32 Å². The predicted octanol–water partition coefficient (Wildman–Crippen LogP) is 4.40. The molecule has 3 rings (SSSR count). The summed E-state index contributed by atoms with van der Waals surface area (Å²) in [5, 5.41) is 7.65. The molecular formula is C20H19N3OS. The third-order valence-corrected chi connectivity index (χ3v) is 4.22. The SMILES string of the molecule is CN(C)c1ccc(NC(=O)NC(=S)c2cccc3ccccc23)cc1. The number of rotatable bonds is 3. The van der Waals surface area contributed by atoms with Crippen molar-refractivity contribution in [2.75, 3.05) is 24.3 Å². The van der Waals surface area contributed by atoms with Gasteiger partial charge in [0.2, 0.25) is 0 Å². The fourth-order valence-electron chi connectivity index (χ4n) is 2.60. The summed E-state index contributed by atoms with van der Waals surface area (Å²) < 4.78 is 0. The van der Waals surface area contributed by atoms with Gasteiger partial charge in [-0.25, -0.2) is 4.79 Å². The van der Waals surface area contributed by atoms with E-state index in [2.05, 4.69) is 10.6 Å². The molecule has 0 fully saturated rings. The normalized spacial score (nSPS) is 10.3. The molecule has 3 aromatic carbocycles. The first-order valence-electron chi connectivity index (χ1n) is 7.92. The first kappa shape index (κ1) is 16.9. The van der Waals surface area contributed by atoms with Gasteiger partial charge in [-0.3, -0.25) is 5.32 Å². The number of anilines is 2. The van der Waals surface area contributed by atoms with Crippen LogP contribution in [-0.2, 0) is 0 Å². The lowest BCUT2D eigenvalue weighted by Crippen LogP contribution is -2.33. The topological polar surface area (TPSA) is 44.4 Å². The first-order chi connectivity index (χ1) is 12.0. The van der Waals surface area contributed by atoms with Crippen molar-refractivity contribution < 1.29 is 4.79 Å². The van der Waals surface area contributed by atoms with Gasteiger partial charge in [0.1, 0.15) is 4.99 Å². The lowest BCUT2D eigenvalue weighted by Gasteiger charge is -2.14. The number of carbonyl (C=O) groups is 1. The molecular weight excluding hydrogens is 330 g/mol. The van der Waals surface area contributed by atoms with Gasteiger partial charge in [0.25, 0.3) is 0 Å². The highest BCUT2D eigenvalue weighted by Gasteiger charge is 2.10. The average molecular weight is 349 g/mol. The Hall–Kier alpha value is -2.92. The first-order valence-corrected chi connectivity index (χ1v) is 8.33. The van der Waals surface area contributed by atoms with E-state index < -0.39 is 0 Å². The van der Waals surface area contributed by atoms with Gasteiger partial charge in [0.05, 0.1) is 0 Å². The summed E-state index contributed by atoms with van der Waals surface area (Å²) in [5.41, 5.74) is 2.62. The molecule has 0 bridgehead atoms. The van der Waals surface area contributed by atoms with E-state index >= 15 is 0 Å². The third-order valence-electron chi connectivity index (χ3n) is 3.90. The van der Waals surface area contributed by atoms with Gasteiger partial charge in [-0.05, 0) is 35.0 Å². The Labute approximate surface area is 152 Å². The Morgan fingerprint density at radius 3 is 2.32 bits per heavy atom. The molecule has 0 aliphatic heterocycles. The minimum Gasteiger partial charge on any atom is -0.378 e. The van der Waals surface area contributed by atoms with Crippen LogP contribution in [0.3, 0.4) is 0 Å². The van der Waals surface area contributed by atoms with E-state index in [-0.39, 0.29) is 6.03 Å². The predicted molar refractivity (Wildman–Crippen MR) is 109 cm³/mol. The van der Waals surface area contributed by atoms with Gasteiger partial charge < -0.3 is 10.2 Å². The quantitative estimate of drug-likeness (QED) is 0.689. The Morgan fingerprint density at radius 2 is 1.60 bits per heavy atom. The highest BCUT2D eigenvalue weighted by molar-refractivity contribution is 7.80. The van der Waals surface area contributed by atoms with Crippen LogP contribution in [0.5, 0.6) is 0 Å². The van der Waals surface area contributed by atoms with Crippen molar-refractivity contribution in [2.24, 2.45) is 0 Å². The molecule has 0 heterocycles. The number of fused-ring (bicyclic) bond motifs is 1. The molecule has 0 saturated heterocycles. The molecule has 0 unspecified atom stereocenters. The maximum Gasteiger partial charge on any atom is 0.324 e. The van der Waals surface area contributed by atoms with Crippen molar-refractivity contribution in [1.29, 1.82) is 0 Å². The lowest BCUT2D eigenvalue weighted by atomic mass is 10.0. The molecule has 126 valence electrons. The monoisotopic (exact) mass is 349 g/mol. The van der Waals surface area contributed by atoms with Crippen LogP contribution in [0.1, 0.15) is 5.56 Å². The molecule has 5 heteroatoms. The van der Waals surface area contributed by atoms with Crippen LogP contribution in [0.2, 0.25) is 0 Å². The fourth-order valence-corrected chi connectivity index (χ4v) is 2.87. The van der Waals surface area contributed by atoms with Gasteiger partial charge in [0, 0.05) is 31.0 Å². The summed E-state index contributed by atoms with van der Waals surface area (Å²) in [5.74, 6) is 0. The van der Waals surface area contributed by atoms with Crippen LogP contribution >= 0.6 is 12.2 Å². The second-order valence-corrected chi connectivity index (χ2v) is 6.28. The lowest BCUT2D eigenvalue weighted by molar-refractivity contribution is 0.256. The summed E-state index contributed by atoms with van der Waals surface area (Å²) >= 11 is 5.42. The smallest absolute Gasteiger partial charge is 0.324 e. The van der Waals surface area contributed by atoms with E-state index in [0.717, 1.165) is 22.0 Å². The van der Waals surface area contributed by atoms with E-state index in [1.54, 1.807) is 0 Å². The zero-order chi connectivity index (χ0) is 17.8. The molecule has 2 N–H and O–H groups in total. The number of nitrogens with zero attached hydrogens (tertiary/aromatic N) is 1. The van der Waals surface area contributed by atoms with Gasteiger partial charge in [-0.1, -0.05) is 54.7 Å². The Balaban J connectivity index is 1.71. The molecule has 2 amide bonds. The number of thiocarbonyl (C=S) groups is 1. The number of hydrogen-bond acceptors (Lipinski definition) is 3. The average Bonchev–Trinajstić information content (AvgIpc) is 2.61. The molecule has 4 nitrogen and oxygen atoms in total. The Bertz CT molecular complexity index is 914. The number of benzene rings is 3. The number of hydrogen-bond donors (Lipinski definition) is 2. The minimum absolute atomic E-state index is 0.351. The molecule has 0 spiro atoms. The van der Waals surface area contributed by atoms with Gasteiger partial charge in [0.15, 0.2) is 0 Å². The van der Waals surface area contributed by atoms with E-state index in [0.29, 0.717) is 10.7 Å². The summed E-state index contributed by atoms with van der Waals surface area (Å²) in [6.07, 6.45) is 0. The number of nitrogens with one attached hydrogen (secondary N) is 2. The molecule has 0 atom stereocenters. The second kappa shape index (κ2) is 7.32. The standard InChI is InChI=1S/C20H19N3OS/c1-23(2)16-12-10-15(11-13-16)21-20(24)22-19(25)18-9-5-7-14-6-3-4-8-17(14)18/h3-13H,1-2H3,(H2,21,22,24,25). The summed E-state index contributed by atoms with van der Waals surface area (Å²) in [7, 11) is 3.94. The van der Waals surface area contributed by atoms with Crippen LogP contribution in [0.15, 0.2) is 66.7 Å². The molecule has 25 heavy (non-hydrogen) atoms. The van der Waals surface area contributed by atoms with Crippen LogP contribution in [0.25, 0.3) is 10.8 Å². The highest BCUT2D eigenvalue weighted by Crippen LogP contribution is 2.19. The molecule has 0 aromatic heterocycles. The minimum atomic E-state index is -0.351. The van der Waals surface area contributed by atoms with Crippen LogP contribution in [0, 0.1) is 0 Å². The van der Waals surface area contributed by atoms with E-state index in [4.69, 9.17) is 12.2 Å². The molecule has 0 radical (unpaired) electrons. The number of carbonyl (C=O) groups excluding carboxylic acids is 1. The van der Waals surface area contributed by atoms with Crippen LogP contribution < -0.4 is 15.5 Å². The molecule has 0 aliphatic carbocycles. The van der Waals surface area contributed by atoms with Crippen molar-refractivity contribution >= 4 is 45.4 Å². The van der Waals surface area contributed by atoms with Gasteiger partial charge in [-0.15, -0.1) is 0 Å². The van der Waals surface area contributed by atoms with Crippen LogP contribution in [0.4, 0.5) is 16.2 Å². The zero-order valence-corrected chi connectivity index (χ0v) is 14.9. The molecule has 0 saturated carbocycles. The summed E-state index contributed by atoms with van der Waals surface area (Å²) in [4.78, 5) is 14.6. The second-order valence-electron chi connectivity index (χ2n) is 5.88. The molecule has 0 aliphatic rings. The van der Waals surface area contributed by atoms with Crippen molar-refractivity contribution in [3.8, 4) is 0 Å². The summed E-state index contributed by atoms with van der Waals surface area (Å²) in [6, 6.07) is 21.1. The zero-order valence-electron chi connectivity index (χ0n) is 14.1. The third kappa shape index (κ3) is 3.95. The van der Waals surface area contributed by atoms with Crippen LogP contribution in [-0.4, -0.2) is 25.1 Å². The highest BCUT2D eigenvalue weighted by atomic mass is 32.1.